The molecule has 0 unspecified atom stereocenters. The van der Waals surface area contributed by atoms with Gasteiger partial charge in [-0.2, -0.15) is 0 Å². The van der Waals surface area contributed by atoms with Gasteiger partial charge in [0.2, 0.25) is 0 Å². The highest BCUT2D eigenvalue weighted by molar-refractivity contribution is 5.86. The molecule has 0 aliphatic heterocycles. The Balaban J connectivity index is 2.30. The van der Waals surface area contributed by atoms with E-state index in [0.29, 0.717) is 25.3 Å². The average Bonchev–Trinajstić information content (AvgIpc) is 3.03. The lowest BCUT2D eigenvalue weighted by atomic mass is 10.2. The topological polar surface area (TPSA) is 95.1 Å². The maximum Gasteiger partial charge on any atom is 0.358 e. The van der Waals surface area contributed by atoms with Gasteiger partial charge in [0.1, 0.15) is 0 Å². The summed E-state index contributed by atoms with van der Waals surface area (Å²) in [6.45, 7) is 4.96. The van der Waals surface area contributed by atoms with Gasteiger partial charge in [-0.05, 0) is 13.8 Å². The molecule has 21 heavy (non-hydrogen) atoms. The minimum atomic E-state index is -1.08. The van der Waals surface area contributed by atoms with Crippen molar-refractivity contribution in [3.05, 3.63) is 29.6 Å². The van der Waals surface area contributed by atoms with Gasteiger partial charge in [-0.15, -0.1) is 5.10 Å². The zero-order valence-electron chi connectivity index (χ0n) is 12.4. The average molecular weight is 293 g/mol. The number of methoxy groups -OCH3 is 1. The molecule has 0 amide bonds. The van der Waals surface area contributed by atoms with Gasteiger partial charge < -0.3 is 14.4 Å². The van der Waals surface area contributed by atoms with Crippen LogP contribution in [0.5, 0.6) is 0 Å². The number of ether oxygens (including phenoxy) is 1. The van der Waals surface area contributed by atoms with E-state index >= 15 is 0 Å². The molecule has 0 spiro atoms. The third kappa shape index (κ3) is 3.27. The first-order chi connectivity index (χ1) is 10.0. The smallest absolute Gasteiger partial charge is 0.358 e. The van der Waals surface area contributed by atoms with E-state index in [4.69, 9.17) is 4.74 Å². The summed E-state index contributed by atoms with van der Waals surface area (Å²) >= 11 is 0. The number of nitrogens with zero attached hydrogens (tertiary/aromatic N) is 5. The van der Waals surface area contributed by atoms with Crippen LogP contribution in [-0.4, -0.2) is 49.3 Å². The van der Waals surface area contributed by atoms with Crippen molar-refractivity contribution in [2.24, 2.45) is 0 Å². The quantitative estimate of drug-likeness (QED) is 0.818. The normalized spacial score (nSPS) is 11.2. The zero-order chi connectivity index (χ0) is 15.4. The highest BCUT2D eigenvalue weighted by Crippen LogP contribution is 2.13. The van der Waals surface area contributed by atoms with Crippen LogP contribution >= 0.6 is 0 Å². The molecule has 8 nitrogen and oxygen atoms in total. The van der Waals surface area contributed by atoms with Gasteiger partial charge in [0, 0.05) is 19.6 Å². The number of carboxylic acids is 1. The molecule has 0 aliphatic rings. The Morgan fingerprint density at radius 2 is 2.24 bits per heavy atom. The first-order valence-corrected chi connectivity index (χ1v) is 6.69. The molecule has 2 heterocycles. The van der Waals surface area contributed by atoms with Crippen molar-refractivity contribution in [3.8, 4) is 0 Å². The predicted molar refractivity (Wildman–Crippen MR) is 74.3 cm³/mol. The Kier molecular flexibility index (Phi) is 4.69. The Morgan fingerprint density at radius 3 is 2.86 bits per heavy atom. The number of hydrogen-bond acceptors (Lipinski definition) is 5. The van der Waals surface area contributed by atoms with E-state index in [1.807, 2.05) is 4.57 Å². The molecule has 0 radical (unpaired) electrons. The minimum Gasteiger partial charge on any atom is -0.476 e. The molecule has 0 aromatic carbocycles. The van der Waals surface area contributed by atoms with Gasteiger partial charge in [0.25, 0.3) is 0 Å². The van der Waals surface area contributed by atoms with Crippen molar-refractivity contribution in [2.45, 2.75) is 32.9 Å². The van der Waals surface area contributed by atoms with Gasteiger partial charge in [0.05, 0.1) is 37.1 Å². The minimum absolute atomic E-state index is 0.0253. The summed E-state index contributed by atoms with van der Waals surface area (Å²) in [4.78, 5) is 15.3. The van der Waals surface area contributed by atoms with Gasteiger partial charge in [-0.1, -0.05) is 5.21 Å². The van der Waals surface area contributed by atoms with Crippen molar-refractivity contribution in [3.63, 3.8) is 0 Å². The first kappa shape index (κ1) is 15.2. The summed E-state index contributed by atoms with van der Waals surface area (Å²) in [6, 6.07) is 0.271. The number of imidazole rings is 1. The Labute approximate surface area is 122 Å². The van der Waals surface area contributed by atoms with Crippen molar-refractivity contribution in [1.82, 2.24) is 24.5 Å². The van der Waals surface area contributed by atoms with E-state index in [-0.39, 0.29) is 11.7 Å². The van der Waals surface area contributed by atoms with E-state index in [2.05, 4.69) is 29.1 Å². The zero-order valence-corrected chi connectivity index (χ0v) is 12.4. The van der Waals surface area contributed by atoms with Crippen LogP contribution in [0.15, 0.2) is 12.5 Å². The predicted octanol–water partition coefficient (Wildman–Crippen LogP) is 0.991. The van der Waals surface area contributed by atoms with E-state index in [0.717, 1.165) is 5.69 Å². The Hall–Kier alpha value is -2.22. The van der Waals surface area contributed by atoms with Crippen LogP contribution < -0.4 is 0 Å². The lowest BCUT2D eigenvalue weighted by Crippen LogP contribution is -2.14. The molecule has 8 heteroatoms. The fraction of sp³-hybridized carbons (Fsp3) is 0.538. The number of carboxylic acid groups (broad SMARTS) is 1. The molecule has 0 fully saturated rings. The molecule has 114 valence electrons. The highest BCUT2D eigenvalue weighted by Gasteiger charge is 2.19. The number of rotatable bonds is 7. The van der Waals surface area contributed by atoms with Gasteiger partial charge in [-0.3, -0.25) is 0 Å². The number of hydrogen-bond donors (Lipinski definition) is 1. The van der Waals surface area contributed by atoms with Crippen LogP contribution in [0.1, 0.15) is 41.8 Å². The lowest BCUT2D eigenvalue weighted by molar-refractivity contribution is 0.0688. The Bertz CT molecular complexity index is 617. The molecule has 2 aromatic rings. The molecular weight excluding hydrogens is 274 g/mol. The third-order valence-electron chi connectivity index (χ3n) is 3.20. The van der Waals surface area contributed by atoms with E-state index in [9.17, 15) is 9.90 Å². The standard InChI is InChI=1S/C13H19N5O3/c1-9(2)17-8-14-6-10(17)7-18-11(4-5-21-3)12(13(19)20)15-16-18/h6,8-9H,4-5,7H2,1-3H3,(H,19,20). The number of aromatic nitrogens is 5. The molecule has 0 atom stereocenters. The molecule has 2 aromatic heterocycles. The largest absolute Gasteiger partial charge is 0.476 e. The molecule has 1 N–H and O–H groups in total. The Morgan fingerprint density at radius 1 is 1.48 bits per heavy atom. The van der Waals surface area contributed by atoms with Crippen molar-refractivity contribution in [2.75, 3.05) is 13.7 Å². The maximum atomic E-state index is 11.2. The van der Waals surface area contributed by atoms with E-state index < -0.39 is 5.97 Å². The molecule has 0 bridgehead atoms. The van der Waals surface area contributed by atoms with Gasteiger partial charge in [-0.25, -0.2) is 14.5 Å². The maximum absolute atomic E-state index is 11.2. The van der Waals surface area contributed by atoms with E-state index in [1.54, 1.807) is 24.3 Å². The number of aromatic carboxylic acids is 1. The molecular formula is C13H19N5O3. The molecule has 0 aliphatic carbocycles. The SMILES string of the molecule is COCCc1c(C(=O)O)nnn1Cc1cncn1C(C)C. The number of carbonyl (C=O) groups is 1. The summed E-state index contributed by atoms with van der Waals surface area (Å²) in [7, 11) is 1.57. The van der Waals surface area contributed by atoms with E-state index in [1.165, 1.54) is 0 Å². The fourth-order valence-corrected chi connectivity index (χ4v) is 2.15. The second-order valence-electron chi connectivity index (χ2n) is 4.98. The molecule has 2 rings (SSSR count). The lowest BCUT2D eigenvalue weighted by Gasteiger charge is -2.12. The molecule has 0 saturated heterocycles. The van der Waals surface area contributed by atoms with Crippen LogP contribution in [0.4, 0.5) is 0 Å². The van der Waals surface area contributed by atoms with Crippen molar-refractivity contribution < 1.29 is 14.6 Å². The second-order valence-corrected chi connectivity index (χ2v) is 4.98. The highest BCUT2D eigenvalue weighted by atomic mass is 16.5. The van der Waals surface area contributed by atoms with Crippen molar-refractivity contribution >= 4 is 5.97 Å². The summed E-state index contributed by atoms with van der Waals surface area (Å²) in [5.41, 5.74) is 1.48. The van der Waals surface area contributed by atoms with Crippen LogP contribution in [0.3, 0.4) is 0 Å². The summed E-state index contributed by atoms with van der Waals surface area (Å²) in [5, 5.41) is 16.9. The van der Waals surface area contributed by atoms with Gasteiger partial charge >= 0.3 is 5.97 Å². The van der Waals surface area contributed by atoms with Crippen molar-refractivity contribution in [1.29, 1.82) is 0 Å². The van der Waals surface area contributed by atoms with Crippen LogP contribution in [0, 0.1) is 0 Å². The monoisotopic (exact) mass is 293 g/mol. The fourth-order valence-electron chi connectivity index (χ4n) is 2.15. The molecule has 0 saturated carbocycles. The van der Waals surface area contributed by atoms with Crippen LogP contribution in [0.25, 0.3) is 0 Å². The summed E-state index contributed by atoms with van der Waals surface area (Å²) in [6.07, 6.45) is 3.95. The summed E-state index contributed by atoms with van der Waals surface area (Å²) in [5.74, 6) is -1.08. The van der Waals surface area contributed by atoms with Gasteiger partial charge in [0.15, 0.2) is 5.69 Å². The van der Waals surface area contributed by atoms with Crippen LogP contribution in [-0.2, 0) is 17.7 Å². The third-order valence-corrected chi connectivity index (χ3v) is 3.20. The second kappa shape index (κ2) is 6.49. The van der Waals surface area contributed by atoms with Crippen LogP contribution in [0.2, 0.25) is 0 Å². The summed E-state index contributed by atoms with van der Waals surface area (Å²) < 4.78 is 8.63. The first-order valence-electron chi connectivity index (χ1n) is 6.69.